The number of amides is 1. The normalized spacial score (nSPS) is 37.9. The van der Waals surface area contributed by atoms with E-state index in [1.807, 2.05) is 24.3 Å². The first-order valence-corrected chi connectivity index (χ1v) is 10.4. The number of fused-ring (bicyclic) bond motifs is 6. The monoisotopic (exact) mass is 472 g/mol. The molecule has 2 bridgehead atoms. The number of alkyl halides is 1. The number of rotatable bonds is 2. The molecule has 0 aliphatic carbocycles. The van der Waals surface area contributed by atoms with E-state index in [1.165, 1.54) is 12.0 Å². The number of carboxylic acid groups (broad SMARTS) is 1. The lowest BCUT2D eigenvalue weighted by molar-refractivity contribution is -0.157. The maximum absolute atomic E-state index is 13.6. The summed E-state index contributed by atoms with van der Waals surface area (Å²) in [5, 5.41) is 10.9. The van der Waals surface area contributed by atoms with Crippen molar-refractivity contribution in [2.75, 3.05) is 7.11 Å². The Morgan fingerprint density at radius 3 is 2.83 bits per heavy atom. The number of aromatic nitrogens is 1. The molecule has 1 aromatic carbocycles. The second-order valence-electron chi connectivity index (χ2n) is 8.23. The Balaban J connectivity index is 1.63. The number of nitrogens with one attached hydrogen (secondary N) is 1. The van der Waals surface area contributed by atoms with E-state index in [-0.39, 0.29) is 6.42 Å². The van der Waals surface area contributed by atoms with Crippen LogP contribution in [0.5, 0.6) is 0 Å². The molecule has 2 saturated heterocycles. The lowest BCUT2D eigenvalue weighted by atomic mass is 9.73. The fourth-order valence-electron chi connectivity index (χ4n) is 5.87. The SMILES string of the molecule is COC(=O)[C@@H]1Cc2c([nH]c3ccccc23)[C@@H]2N1C(=O)[C@@H]1[C@H](C(=O)O)[C@@]3(Br)C=C[C@]12O3. The molecule has 2 fully saturated rings. The number of H-pyrrole nitrogens is 1. The molecule has 5 heterocycles. The highest BCUT2D eigenvalue weighted by Gasteiger charge is 2.77. The number of para-hydroxylation sites is 1. The summed E-state index contributed by atoms with van der Waals surface area (Å²) in [7, 11) is 1.29. The third-order valence-electron chi connectivity index (χ3n) is 6.97. The molecule has 2 N–H and O–H groups in total. The third-order valence-corrected chi connectivity index (χ3v) is 7.89. The van der Waals surface area contributed by atoms with Crippen molar-refractivity contribution in [3.8, 4) is 0 Å². The van der Waals surface area contributed by atoms with Gasteiger partial charge >= 0.3 is 11.9 Å². The van der Waals surface area contributed by atoms with Crippen LogP contribution < -0.4 is 0 Å². The Morgan fingerprint density at radius 2 is 2.10 bits per heavy atom. The number of ether oxygens (including phenoxy) is 2. The molecule has 6 atom stereocenters. The Hall–Kier alpha value is -2.65. The van der Waals surface area contributed by atoms with Gasteiger partial charge in [-0.05, 0) is 39.7 Å². The molecule has 2 aromatic rings. The van der Waals surface area contributed by atoms with Crippen molar-refractivity contribution in [1.29, 1.82) is 0 Å². The molecular weight excluding hydrogens is 456 g/mol. The molecule has 9 heteroatoms. The van der Waals surface area contributed by atoms with E-state index in [1.54, 1.807) is 12.2 Å². The van der Waals surface area contributed by atoms with E-state index in [4.69, 9.17) is 9.47 Å². The predicted molar refractivity (Wildman–Crippen MR) is 107 cm³/mol. The van der Waals surface area contributed by atoms with Crippen LogP contribution in [0, 0.1) is 11.8 Å². The van der Waals surface area contributed by atoms with Crippen molar-refractivity contribution in [3.63, 3.8) is 0 Å². The zero-order chi connectivity index (χ0) is 21.0. The van der Waals surface area contributed by atoms with Gasteiger partial charge in [0.05, 0.1) is 13.0 Å². The molecular formula is C21H17BrN2O6. The molecule has 0 radical (unpaired) electrons. The zero-order valence-electron chi connectivity index (χ0n) is 15.8. The van der Waals surface area contributed by atoms with E-state index in [0.29, 0.717) is 0 Å². The first-order valence-electron chi connectivity index (χ1n) is 9.64. The highest BCUT2D eigenvalue weighted by atomic mass is 79.9. The van der Waals surface area contributed by atoms with Gasteiger partial charge in [0, 0.05) is 23.0 Å². The number of aromatic amines is 1. The van der Waals surface area contributed by atoms with Crippen molar-refractivity contribution in [1.82, 2.24) is 9.88 Å². The van der Waals surface area contributed by atoms with Gasteiger partial charge in [0.1, 0.15) is 23.6 Å². The highest BCUT2D eigenvalue weighted by molar-refractivity contribution is 9.10. The minimum Gasteiger partial charge on any atom is -0.481 e. The summed E-state index contributed by atoms with van der Waals surface area (Å²) in [5.74, 6) is -4.11. The van der Waals surface area contributed by atoms with Crippen molar-refractivity contribution in [2.45, 2.75) is 28.6 Å². The Labute approximate surface area is 178 Å². The van der Waals surface area contributed by atoms with Crippen LogP contribution in [0.3, 0.4) is 0 Å². The summed E-state index contributed by atoms with van der Waals surface area (Å²) in [4.78, 5) is 43.4. The number of esters is 1. The fraction of sp³-hybridized carbons (Fsp3) is 0.381. The molecule has 1 spiro atoms. The van der Waals surface area contributed by atoms with Crippen LogP contribution in [0.25, 0.3) is 10.9 Å². The van der Waals surface area contributed by atoms with Gasteiger partial charge in [0.15, 0.2) is 4.51 Å². The van der Waals surface area contributed by atoms with Crippen LogP contribution in [-0.4, -0.2) is 56.1 Å². The maximum Gasteiger partial charge on any atom is 0.328 e. The molecule has 4 aliphatic heterocycles. The Kier molecular flexibility index (Phi) is 3.34. The highest BCUT2D eigenvalue weighted by Crippen LogP contribution is 2.67. The quantitative estimate of drug-likeness (QED) is 0.392. The zero-order valence-corrected chi connectivity index (χ0v) is 17.4. The van der Waals surface area contributed by atoms with E-state index in [9.17, 15) is 19.5 Å². The summed E-state index contributed by atoms with van der Waals surface area (Å²) in [6.45, 7) is 0. The van der Waals surface area contributed by atoms with Crippen LogP contribution in [0.1, 0.15) is 17.3 Å². The summed E-state index contributed by atoms with van der Waals surface area (Å²) in [6.07, 6.45) is 3.74. The Morgan fingerprint density at radius 1 is 1.33 bits per heavy atom. The average Bonchev–Trinajstić information content (AvgIpc) is 3.41. The van der Waals surface area contributed by atoms with Crippen LogP contribution >= 0.6 is 15.9 Å². The molecule has 4 aliphatic rings. The van der Waals surface area contributed by atoms with Gasteiger partial charge in [0.2, 0.25) is 5.91 Å². The van der Waals surface area contributed by atoms with Gasteiger partial charge in [-0.15, -0.1) is 0 Å². The lowest BCUT2D eigenvalue weighted by Gasteiger charge is -2.40. The maximum atomic E-state index is 13.6. The molecule has 1 amide bonds. The van der Waals surface area contributed by atoms with E-state index in [2.05, 4.69) is 20.9 Å². The second kappa shape index (κ2) is 5.53. The van der Waals surface area contributed by atoms with E-state index in [0.717, 1.165) is 22.2 Å². The minimum atomic E-state index is -1.25. The first kappa shape index (κ1) is 18.1. The van der Waals surface area contributed by atoms with E-state index < -0.39 is 51.9 Å². The van der Waals surface area contributed by atoms with Crippen LogP contribution in [0.15, 0.2) is 36.4 Å². The summed E-state index contributed by atoms with van der Waals surface area (Å²) in [6, 6.07) is 6.22. The number of nitrogens with zero attached hydrogens (tertiary/aromatic N) is 1. The van der Waals surface area contributed by atoms with Gasteiger partial charge < -0.3 is 24.5 Å². The Bertz CT molecular complexity index is 1190. The molecule has 6 rings (SSSR count). The first-order chi connectivity index (χ1) is 14.3. The van der Waals surface area contributed by atoms with Gasteiger partial charge in [-0.1, -0.05) is 18.2 Å². The average molecular weight is 473 g/mol. The molecule has 154 valence electrons. The minimum absolute atomic E-state index is 0.290. The van der Waals surface area contributed by atoms with Crippen molar-refractivity contribution in [3.05, 3.63) is 47.7 Å². The van der Waals surface area contributed by atoms with Crippen molar-refractivity contribution in [2.24, 2.45) is 11.8 Å². The molecule has 1 aromatic heterocycles. The van der Waals surface area contributed by atoms with Gasteiger partial charge in [-0.2, -0.15) is 0 Å². The number of hydrogen-bond donors (Lipinski definition) is 2. The summed E-state index contributed by atoms with van der Waals surface area (Å²) in [5.41, 5.74) is 1.40. The summed E-state index contributed by atoms with van der Waals surface area (Å²) < 4.78 is 10.1. The standard InChI is InChI=1S/C21H17BrN2O6/c1-29-19(28)12-8-10-9-4-2-3-5-11(9)23-15(10)16-20-6-7-21(22,30-20)14(18(26)27)13(20)17(25)24(12)16/h2-7,12-14,16,23H,8H2,1H3,(H,26,27)/t12-,13-,14+,16-,20-,21+/m0/s1. The largest absolute Gasteiger partial charge is 0.481 e. The van der Waals surface area contributed by atoms with Crippen LogP contribution in [0.2, 0.25) is 0 Å². The van der Waals surface area contributed by atoms with Crippen molar-refractivity contribution >= 4 is 44.7 Å². The molecule has 0 saturated carbocycles. The van der Waals surface area contributed by atoms with Crippen LogP contribution in [-0.2, 0) is 30.3 Å². The number of halogens is 1. The number of carbonyl (C=O) groups is 3. The third kappa shape index (κ3) is 1.88. The number of carbonyl (C=O) groups excluding carboxylic acids is 2. The number of benzene rings is 1. The van der Waals surface area contributed by atoms with E-state index >= 15 is 0 Å². The smallest absolute Gasteiger partial charge is 0.328 e. The second-order valence-corrected chi connectivity index (χ2v) is 9.47. The topological polar surface area (TPSA) is 109 Å². The number of methoxy groups -OCH3 is 1. The molecule has 8 nitrogen and oxygen atoms in total. The number of hydrogen-bond acceptors (Lipinski definition) is 5. The fourth-order valence-corrected chi connectivity index (χ4v) is 6.74. The van der Waals surface area contributed by atoms with Crippen LogP contribution in [0.4, 0.5) is 0 Å². The molecule has 0 unspecified atom stereocenters. The predicted octanol–water partition coefficient (Wildman–Crippen LogP) is 1.90. The summed E-state index contributed by atoms with van der Waals surface area (Å²) >= 11 is 3.42. The number of aliphatic carboxylic acids is 1. The van der Waals surface area contributed by atoms with Gasteiger partial charge in [-0.3, -0.25) is 9.59 Å². The molecule has 30 heavy (non-hydrogen) atoms. The lowest BCUT2D eigenvalue weighted by Crippen LogP contribution is -2.51. The number of carboxylic acids is 1. The van der Waals surface area contributed by atoms with Gasteiger partial charge in [-0.25, -0.2) is 4.79 Å². The van der Waals surface area contributed by atoms with Crippen molar-refractivity contribution < 1.29 is 29.0 Å². The van der Waals surface area contributed by atoms with Gasteiger partial charge in [0.25, 0.3) is 0 Å².